The van der Waals surface area contributed by atoms with Crippen molar-refractivity contribution in [3.8, 4) is 17.1 Å². The van der Waals surface area contributed by atoms with Gasteiger partial charge in [-0.1, -0.05) is 18.2 Å². The molecule has 3 aromatic rings. The summed E-state index contributed by atoms with van der Waals surface area (Å²) in [5.74, 6) is 0.598. The van der Waals surface area contributed by atoms with Crippen LogP contribution in [0.4, 0.5) is 5.82 Å². The normalized spacial score (nSPS) is 10.6. The Morgan fingerprint density at radius 1 is 1.12 bits per heavy atom. The fraction of sp³-hybridized carbons (Fsp3) is 0. The van der Waals surface area contributed by atoms with Gasteiger partial charge in [0.25, 0.3) is 0 Å². The van der Waals surface area contributed by atoms with Gasteiger partial charge in [-0.2, -0.15) is 10.2 Å². The fourth-order valence-electron chi connectivity index (χ4n) is 1.70. The van der Waals surface area contributed by atoms with Crippen LogP contribution in [0.2, 0.25) is 0 Å². The third kappa shape index (κ3) is 1.67. The van der Waals surface area contributed by atoms with Gasteiger partial charge < -0.3 is 5.73 Å². The highest BCUT2D eigenvalue weighted by molar-refractivity contribution is 5.59. The van der Waals surface area contributed by atoms with Crippen LogP contribution in [0.15, 0.2) is 48.7 Å². The molecule has 0 aliphatic rings. The Hall–Kier alpha value is -2.56. The van der Waals surface area contributed by atoms with Crippen LogP contribution in [0.1, 0.15) is 0 Å². The van der Waals surface area contributed by atoms with E-state index in [1.54, 1.807) is 10.9 Å². The fourth-order valence-corrected chi connectivity index (χ4v) is 1.70. The molecular weight excluding hydrogens is 214 g/mol. The summed E-state index contributed by atoms with van der Waals surface area (Å²) in [6.07, 6.45) is 1.69. The van der Waals surface area contributed by atoms with Crippen LogP contribution < -0.4 is 5.73 Å². The number of nitrogens with zero attached hydrogens (tertiary/aromatic N) is 3. The summed E-state index contributed by atoms with van der Waals surface area (Å²) in [5, 5.41) is 11.2. The minimum Gasteiger partial charge on any atom is -0.384 e. The number of hydrogen-bond donors (Lipinski definition) is 2. The van der Waals surface area contributed by atoms with Crippen LogP contribution in [-0.2, 0) is 0 Å². The number of anilines is 1. The van der Waals surface area contributed by atoms with Gasteiger partial charge in [0.1, 0.15) is 11.5 Å². The summed E-state index contributed by atoms with van der Waals surface area (Å²) in [5.41, 5.74) is 8.52. The third-order valence-electron chi connectivity index (χ3n) is 2.51. The van der Waals surface area contributed by atoms with Gasteiger partial charge >= 0.3 is 0 Å². The van der Waals surface area contributed by atoms with E-state index in [2.05, 4.69) is 15.3 Å². The smallest absolute Gasteiger partial charge is 0.127 e. The van der Waals surface area contributed by atoms with E-state index in [-0.39, 0.29) is 0 Å². The first-order chi connectivity index (χ1) is 8.34. The van der Waals surface area contributed by atoms with Gasteiger partial charge in [-0.05, 0) is 18.2 Å². The van der Waals surface area contributed by atoms with Crippen molar-refractivity contribution >= 4 is 5.82 Å². The maximum atomic E-state index is 5.95. The van der Waals surface area contributed by atoms with E-state index in [9.17, 15) is 0 Å². The topological polar surface area (TPSA) is 72.5 Å². The first-order valence-corrected chi connectivity index (χ1v) is 5.25. The average molecular weight is 225 g/mol. The number of aromatic amines is 1. The maximum Gasteiger partial charge on any atom is 0.127 e. The molecule has 0 bridgehead atoms. The molecule has 84 valence electrons. The van der Waals surface area contributed by atoms with Crippen LogP contribution in [0.25, 0.3) is 17.1 Å². The molecule has 0 aliphatic heterocycles. The molecule has 3 N–H and O–H groups in total. The van der Waals surface area contributed by atoms with Crippen LogP contribution >= 0.6 is 0 Å². The molecule has 2 heterocycles. The SMILES string of the molecule is Nc1cc(-c2ccn[nH]2)nn1-c1ccccc1. The van der Waals surface area contributed by atoms with Crippen molar-refractivity contribution in [3.05, 3.63) is 48.7 Å². The quantitative estimate of drug-likeness (QED) is 0.699. The van der Waals surface area contributed by atoms with Gasteiger partial charge in [0.2, 0.25) is 0 Å². The Bertz CT molecular complexity index is 610. The Morgan fingerprint density at radius 3 is 2.65 bits per heavy atom. The number of benzene rings is 1. The van der Waals surface area contributed by atoms with Crippen LogP contribution in [-0.4, -0.2) is 20.0 Å². The lowest BCUT2D eigenvalue weighted by Crippen LogP contribution is -2.01. The summed E-state index contributed by atoms with van der Waals surface area (Å²) < 4.78 is 1.70. The standard InChI is InChI=1S/C12H11N5/c13-12-8-11(10-6-7-14-15-10)16-17(12)9-4-2-1-3-5-9/h1-8H,13H2,(H,14,15). The molecule has 0 spiro atoms. The van der Waals surface area contributed by atoms with Gasteiger partial charge in [-0.15, -0.1) is 0 Å². The number of nitrogens with one attached hydrogen (secondary N) is 1. The maximum absolute atomic E-state index is 5.95. The van der Waals surface area contributed by atoms with Crippen molar-refractivity contribution in [2.24, 2.45) is 0 Å². The number of rotatable bonds is 2. The van der Waals surface area contributed by atoms with E-state index in [0.29, 0.717) is 5.82 Å². The van der Waals surface area contributed by atoms with Crippen molar-refractivity contribution in [1.82, 2.24) is 20.0 Å². The Kier molecular flexibility index (Phi) is 2.15. The van der Waals surface area contributed by atoms with E-state index in [1.807, 2.05) is 42.5 Å². The van der Waals surface area contributed by atoms with E-state index in [1.165, 1.54) is 0 Å². The number of aromatic nitrogens is 4. The summed E-state index contributed by atoms with van der Waals surface area (Å²) in [6.45, 7) is 0. The molecule has 0 fully saturated rings. The van der Waals surface area contributed by atoms with Gasteiger partial charge in [0.05, 0.1) is 11.4 Å². The highest BCUT2D eigenvalue weighted by Crippen LogP contribution is 2.20. The summed E-state index contributed by atoms with van der Waals surface area (Å²) in [6, 6.07) is 13.5. The molecule has 0 atom stereocenters. The van der Waals surface area contributed by atoms with Crippen molar-refractivity contribution in [3.63, 3.8) is 0 Å². The number of nitrogens with two attached hydrogens (primary N) is 1. The number of H-pyrrole nitrogens is 1. The molecule has 0 aliphatic carbocycles. The Balaban J connectivity index is 2.08. The molecule has 0 amide bonds. The van der Waals surface area contributed by atoms with Crippen LogP contribution in [0.3, 0.4) is 0 Å². The molecule has 3 rings (SSSR count). The lowest BCUT2D eigenvalue weighted by Gasteiger charge is -2.02. The van der Waals surface area contributed by atoms with Gasteiger partial charge in [0.15, 0.2) is 0 Å². The molecule has 0 radical (unpaired) electrons. The molecule has 0 unspecified atom stereocenters. The molecular formula is C12H11N5. The zero-order chi connectivity index (χ0) is 11.7. The predicted molar refractivity (Wildman–Crippen MR) is 65.6 cm³/mol. The Labute approximate surface area is 97.9 Å². The summed E-state index contributed by atoms with van der Waals surface area (Å²) in [7, 11) is 0. The average Bonchev–Trinajstić information content (AvgIpc) is 2.99. The molecule has 17 heavy (non-hydrogen) atoms. The highest BCUT2D eigenvalue weighted by atomic mass is 15.3. The first kappa shape index (κ1) is 9.65. The second kappa shape index (κ2) is 3.79. The molecule has 2 aromatic heterocycles. The lowest BCUT2D eigenvalue weighted by molar-refractivity contribution is 0.892. The zero-order valence-corrected chi connectivity index (χ0v) is 9.04. The van der Waals surface area contributed by atoms with Crippen LogP contribution in [0, 0.1) is 0 Å². The van der Waals surface area contributed by atoms with Gasteiger partial charge in [-0.3, -0.25) is 5.10 Å². The molecule has 0 saturated heterocycles. The van der Waals surface area contributed by atoms with Crippen LogP contribution in [0.5, 0.6) is 0 Å². The minimum atomic E-state index is 0.598. The lowest BCUT2D eigenvalue weighted by atomic mass is 10.3. The number of nitrogen functional groups attached to an aromatic ring is 1. The predicted octanol–water partition coefficient (Wildman–Crippen LogP) is 1.84. The second-order valence-electron chi connectivity index (χ2n) is 3.67. The van der Waals surface area contributed by atoms with Gasteiger partial charge in [0, 0.05) is 12.3 Å². The minimum absolute atomic E-state index is 0.598. The summed E-state index contributed by atoms with van der Waals surface area (Å²) >= 11 is 0. The number of para-hydroxylation sites is 1. The third-order valence-corrected chi connectivity index (χ3v) is 2.51. The molecule has 0 saturated carbocycles. The van der Waals surface area contributed by atoms with Crippen molar-refractivity contribution in [1.29, 1.82) is 0 Å². The molecule has 1 aromatic carbocycles. The zero-order valence-electron chi connectivity index (χ0n) is 9.04. The Morgan fingerprint density at radius 2 is 1.94 bits per heavy atom. The molecule has 5 heteroatoms. The van der Waals surface area contributed by atoms with Crippen molar-refractivity contribution in [2.75, 3.05) is 5.73 Å². The van der Waals surface area contributed by atoms with E-state index >= 15 is 0 Å². The largest absolute Gasteiger partial charge is 0.384 e. The monoisotopic (exact) mass is 225 g/mol. The summed E-state index contributed by atoms with van der Waals surface area (Å²) in [4.78, 5) is 0. The van der Waals surface area contributed by atoms with E-state index < -0.39 is 0 Å². The van der Waals surface area contributed by atoms with Gasteiger partial charge in [-0.25, -0.2) is 4.68 Å². The molecule has 5 nitrogen and oxygen atoms in total. The number of hydrogen-bond acceptors (Lipinski definition) is 3. The van der Waals surface area contributed by atoms with E-state index in [4.69, 9.17) is 5.73 Å². The van der Waals surface area contributed by atoms with E-state index in [0.717, 1.165) is 17.1 Å². The first-order valence-electron chi connectivity index (χ1n) is 5.25. The van der Waals surface area contributed by atoms with Crippen molar-refractivity contribution < 1.29 is 0 Å². The second-order valence-corrected chi connectivity index (χ2v) is 3.67. The van der Waals surface area contributed by atoms with Crippen molar-refractivity contribution in [2.45, 2.75) is 0 Å². The highest BCUT2D eigenvalue weighted by Gasteiger charge is 2.08.